The van der Waals surface area contributed by atoms with E-state index in [1.54, 1.807) is 0 Å². The summed E-state index contributed by atoms with van der Waals surface area (Å²) in [6.07, 6.45) is -12.8. The molecule has 1 unspecified atom stereocenters. The van der Waals surface area contributed by atoms with Crippen LogP contribution in [0.3, 0.4) is 0 Å². The molecule has 3 N–H and O–H groups in total. The lowest BCUT2D eigenvalue weighted by molar-refractivity contribution is -0.288. The fraction of sp³-hybridized carbons (Fsp3) is 0.400. The largest absolute Gasteiger partial charge is 0.508 e. The molecular formula is C20H20F6O4. The van der Waals surface area contributed by atoms with Gasteiger partial charge in [-0.1, -0.05) is 24.3 Å². The molecule has 0 heterocycles. The van der Waals surface area contributed by atoms with E-state index in [9.17, 15) is 36.6 Å². The summed E-state index contributed by atoms with van der Waals surface area (Å²) < 4.78 is 90.0. The van der Waals surface area contributed by atoms with Gasteiger partial charge in [0, 0.05) is 0 Å². The van der Waals surface area contributed by atoms with E-state index in [1.807, 2.05) is 0 Å². The Labute approximate surface area is 168 Å². The number of alkyl halides is 6. The number of aliphatic hydroxyl groups excluding tert-OH is 2. The molecule has 10 heteroatoms. The molecule has 2 aromatic rings. The number of hydrogen-bond acceptors (Lipinski definition) is 4. The van der Waals surface area contributed by atoms with Crippen molar-refractivity contribution in [3.63, 3.8) is 0 Å². The molecule has 0 amide bonds. The van der Waals surface area contributed by atoms with Gasteiger partial charge in [0.25, 0.3) is 0 Å². The summed E-state index contributed by atoms with van der Waals surface area (Å²) in [5.41, 5.74) is -6.65. The molecular weight excluding hydrogens is 418 g/mol. The number of aliphatic hydroxyl groups is 2. The molecule has 30 heavy (non-hydrogen) atoms. The molecule has 2 aromatic carbocycles. The molecule has 0 radical (unpaired) electrons. The molecule has 0 fully saturated rings. The summed E-state index contributed by atoms with van der Waals surface area (Å²) in [6.45, 7) is 1.45. The fourth-order valence-electron chi connectivity index (χ4n) is 3.15. The molecule has 166 valence electrons. The van der Waals surface area contributed by atoms with Crippen molar-refractivity contribution in [2.45, 2.75) is 37.7 Å². The minimum absolute atomic E-state index is 0.0222. The van der Waals surface area contributed by atoms with Crippen LogP contribution in [0.5, 0.6) is 11.5 Å². The van der Waals surface area contributed by atoms with Crippen molar-refractivity contribution in [2.75, 3.05) is 13.2 Å². The Kier molecular flexibility index (Phi) is 6.63. The fourth-order valence-corrected chi connectivity index (χ4v) is 3.15. The highest BCUT2D eigenvalue weighted by Gasteiger charge is 2.72. The van der Waals surface area contributed by atoms with Crippen molar-refractivity contribution in [3.05, 3.63) is 58.7 Å². The highest BCUT2D eigenvalue weighted by molar-refractivity contribution is 5.50. The average Bonchev–Trinajstić information content (AvgIpc) is 2.61. The molecule has 4 nitrogen and oxygen atoms in total. The van der Waals surface area contributed by atoms with Crippen LogP contribution in [-0.4, -0.2) is 47.0 Å². The van der Waals surface area contributed by atoms with E-state index >= 15 is 0 Å². The number of aromatic hydroxyl groups is 1. The predicted molar refractivity (Wildman–Crippen MR) is 95.5 cm³/mol. The van der Waals surface area contributed by atoms with Crippen LogP contribution < -0.4 is 4.74 Å². The molecule has 0 aliphatic carbocycles. The van der Waals surface area contributed by atoms with Crippen LogP contribution in [0.15, 0.2) is 36.4 Å². The first-order valence-corrected chi connectivity index (χ1v) is 8.72. The predicted octanol–water partition coefficient (Wildman–Crippen LogP) is 4.15. The molecule has 0 aliphatic rings. The Morgan fingerprint density at radius 3 is 1.80 bits per heavy atom. The van der Waals surface area contributed by atoms with Gasteiger partial charge >= 0.3 is 12.4 Å². The van der Waals surface area contributed by atoms with Gasteiger partial charge in [-0.25, -0.2) is 0 Å². The van der Waals surface area contributed by atoms with Crippen molar-refractivity contribution < 1.29 is 46.4 Å². The van der Waals surface area contributed by atoms with Gasteiger partial charge < -0.3 is 20.1 Å². The molecule has 0 aromatic heterocycles. The zero-order valence-corrected chi connectivity index (χ0v) is 16.0. The van der Waals surface area contributed by atoms with Crippen molar-refractivity contribution in [1.29, 1.82) is 0 Å². The van der Waals surface area contributed by atoms with E-state index in [1.165, 1.54) is 13.8 Å². The lowest BCUT2D eigenvalue weighted by atomic mass is 9.72. The van der Waals surface area contributed by atoms with Gasteiger partial charge in [-0.05, 0) is 48.2 Å². The lowest BCUT2D eigenvalue weighted by Gasteiger charge is -2.38. The minimum atomic E-state index is -5.75. The van der Waals surface area contributed by atoms with E-state index in [0.717, 1.165) is 18.2 Å². The molecule has 0 aliphatic heterocycles. The number of rotatable bonds is 6. The number of hydrogen-bond donors (Lipinski definition) is 3. The summed E-state index contributed by atoms with van der Waals surface area (Å²) in [5.74, 6) is -0.467. The number of halogens is 6. The normalized spacial score (nSPS) is 13.9. The molecule has 0 saturated heterocycles. The summed E-state index contributed by atoms with van der Waals surface area (Å²) in [6, 6.07) is 4.39. The van der Waals surface area contributed by atoms with Gasteiger partial charge in [-0.3, -0.25) is 0 Å². The Morgan fingerprint density at radius 2 is 1.37 bits per heavy atom. The van der Waals surface area contributed by atoms with E-state index in [0.29, 0.717) is 18.2 Å². The summed E-state index contributed by atoms with van der Waals surface area (Å²) in [4.78, 5) is 0. The average molecular weight is 438 g/mol. The lowest BCUT2D eigenvalue weighted by Crippen LogP contribution is -2.54. The molecule has 0 spiro atoms. The smallest absolute Gasteiger partial charge is 0.411 e. The first-order chi connectivity index (χ1) is 13.8. The quantitative estimate of drug-likeness (QED) is 0.593. The van der Waals surface area contributed by atoms with E-state index in [-0.39, 0.29) is 16.9 Å². The van der Waals surface area contributed by atoms with Crippen LogP contribution in [0.4, 0.5) is 26.3 Å². The van der Waals surface area contributed by atoms with Crippen molar-refractivity contribution in [2.24, 2.45) is 0 Å². The minimum Gasteiger partial charge on any atom is -0.508 e. The maximum Gasteiger partial charge on any atom is 0.411 e. The Balaban J connectivity index is 2.72. The summed E-state index contributed by atoms with van der Waals surface area (Å²) in [7, 11) is 0. The van der Waals surface area contributed by atoms with Crippen LogP contribution in [0.2, 0.25) is 0 Å². The highest BCUT2D eigenvalue weighted by Crippen LogP contribution is 2.56. The standard InChI is InChI=1S/C20H20F6O4/c1-11-7-13(3-5-16(11)29)18(19(21,22)23,20(24,25)26)14-4-6-17(12(2)8-14)30-10-15(28)9-27/h3-8,15,27-29H,9-10H2,1-2H3. The third kappa shape index (κ3) is 4.20. The molecule has 1 atom stereocenters. The van der Waals surface area contributed by atoms with Crippen LogP contribution in [-0.2, 0) is 5.41 Å². The zero-order chi connectivity index (χ0) is 22.9. The third-order valence-electron chi connectivity index (χ3n) is 4.73. The van der Waals surface area contributed by atoms with Crippen molar-refractivity contribution in [1.82, 2.24) is 0 Å². The van der Waals surface area contributed by atoms with Gasteiger partial charge in [0.05, 0.1) is 6.61 Å². The first kappa shape index (κ1) is 23.8. The third-order valence-corrected chi connectivity index (χ3v) is 4.73. The number of aryl methyl sites for hydroxylation is 2. The Bertz CT molecular complexity index is 878. The second-order valence-electron chi connectivity index (χ2n) is 6.87. The number of benzene rings is 2. The van der Waals surface area contributed by atoms with Gasteiger partial charge in [0.15, 0.2) is 0 Å². The van der Waals surface area contributed by atoms with Crippen LogP contribution in [0.1, 0.15) is 22.3 Å². The second kappa shape index (κ2) is 8.35. The monoisotopic (exact) mass is 438 g/mol. The molecule has 2 rings (SSSR count). The van der Waals surface area contributed by atoms with Crippen LogP contribution in [0.25, 0.3) is 0 Å². The first-order valence-electron chi connectivity index (χ1n) is 8.72. The summed E-state index contributed by atoms with van der Waals surface area (Å²) in [5, 5.41) is 27.7. The maximum atomic E-state index is 14.1. The van der Waals surface area contributed by atoms with E-state index in [4.69, 9.17) is 9.84 Å². The maximum absolute atomic E-state index is 14.1. The SMILES string of the molecule is Cc1cc(C(c2ccc(OCC(O)CO)c(C)c2)(C(F)(F)F)C(F)(F)F)ccc1O. The van der Waals surface area contributed by atoms with E-state index in [2.05, 4.69) is 0 Å². The second-order valence-corrected chi connectivity index (χ2v) is 6.87. The van der Waals surface area contributed by atoms with Crippen LogP contribution >= 0.6 is 0 Å². The highest BCUT2D eigenvalue weighted by atomic mass is 19.4. The van der Waals surface area contributed by atoms with E-state index < -0.39 is 54.0 Å². The van der Waals surface area contributed by atoms with Gasteiger partial charge in [-0.2, -0.15) is 26.3 Å². The van der Waals surface area contributed by atoms with Gasteiger partial charge in [0.2, 0.25) is 5.41 Å². The van der Waals surface area contributed by atoms with Gasteiger partial charge in [-0.15, -0.1) is 0 Å². The summed E-state index contributed by atoms with van der Waals surface area (Å²) >= 11 is 0. The topological polar surface area (TPSA) is 69.9 Å². The molecule has 0 bridgehead atoms. The zero-order valence-electron chi connectivity index (χ0n) is 16.0. The number of phenolic OH excluding ortho intramolecular Hbond substituents is 1. The molecule has 0 saturated carbocycles. The van der Waals surface area contributed by atoms with Crippen molar-refractivity contribution in [3.8, 4) is 11.5 Å². The number of phenols is 1. The Morgan fingerprint density at radius 1 is 0.867 bits per heavy atom. The number of ether oxygens (including phenoxy) is 1. The van der Waals surface area contributed by atoms with Crippen molar-refractivity contribution >= 4 is 0 Å². The van der Waals surface area contributed by atoms with Gasteiger partial charge in [0.1, 0.15) is 24.2 Å². The van der Waals surface area contributed by atoms with Crippen LogP contribution in [0, 0.1) is 13.8 Å². The Hall–Kier alpha value is -2.46.